The van der Waals surface area contributed by atoms with E-state index < -0.39 is 0 Å². The van der Waals surface area contributed by atoms with Crippen LogP contribution in [0.3, 0.4) is 0 Å². The number of nitrogens with one attached hydrogen (secondary N) is 2. The van der Waals surface area contributed by atoms with E-state index in [0.29, 0.717) is 52.8 Å². The summed E-state index contributed by atoms with van der Waals surface area (Å²) in [5, 5.41) is 12.1. The van der Waals surface area contributed by atoms with E-state index in [0.717, 1.165) is 16.8 Å². The lowest BCUT2D eigenvalue weighted by Gasteiger charge is -2.13. The number of anilines is 1. The number of nitrogens with zero attached hydrogens (tertiary/aromatic N) is 5. The van der Waals surface area contributed by atoms with Gasteiger partial charge in [-0.2, -0.15) is 19.9 Å². The molecule has 2 N–H and O–H groups in total. The monoisotopic (exact) mass is 527 g/mol. The summed E-state index contributed by atoms with van der Waals surface area (Å²) in [5.41, 5.74) is 3.94. The average Bonchev–Trinajstić information content (AvgIpc) is 3.50. The number of fused-ring (bicyclic) bond motifs is 1. The Morgan fingerprint density at radius 1 is 1.00 bits per heavy atom. The summed E-state index contributed by atoms with van der Waals surface area (Å²) < 4.78 is 14.3. The Hall–Kier alpha value is -4.93. The third-order valence-corrected chi connectivity index (χ3v) is 6.31. The number of hydrogen-bond acceptors (Lipinski definition) is 7. The molecule has 39 heavy (non-hydrogen) atoms. The first-order chi connectivity index (χ1) is 18.8. The standard InChI is InChI=1S/C28H29N7O4/c1-6-38-22-12-11-19(14-23(22)39-7-2)26(36)30-24-13-17(4)33-35(24)28-31-25-20(27(37)32-28)15-29-34(25)21-10-8-9-16(3)18(21)5/h8-15H,6-7H2,1-5H3,(H,30,36)(H,31,32,37). The lowest BCUT2D eigenvalue weighted by atomic mass is 10.1. The SMILES string of the molecule is CCOc1ccc(C(=O)Nc2cc(C)nn2-c2nc3c(cnn3-c3cccc(C)c3C)c(=O)[nH]2)cc1OCC. The van der Waals surface area contributed by atoms with Gasteiger partial charge in [-0.05, 0) is 70.0 Å². The van der Waals surface area contributed by atoms with E-state index in [1.807, 2.05) is 45.9 Å². The van der Waals surface area contributed by atoms with E-state index in [4.69, 9.17) is 14.5 Å². The quantitative estimate of drug-likeness (QED) is 0.308. The van der Waals surface area contributed by atoms with Crippen molar-refractivity contribution in [2.75, 3.05) is 18.5 Å². The zero-order chi connectivity index (χ0) is 27.7. The zero-order valence-electron chi connectivity index (χ0n) is 22.4. The van der Waals surface area contributed by atoms with Crippen LogP contribution in [0, 0.1) is 20.8 Å². The molecule has 200 valence electrons. The van der Waals surface area contributed by atoms with Crippen molar-refractivity contribution in [1.82, 2.24) is 29.5 Å². The lowest BCUT2D eigenvalue weighted by molar-refractivity contribution is 0.102. The minimum Gasteiger partial charge on any atom is -0.490 e. The van der Waals surface area contributed by atoms with Crippen LogP contribution >= 0.6 is 0 Å². The molecule has 1 amide bonds. The van der Waals surface area contributed by atoms with Gasteiger partial charge in [0, 0.05) is 11.6 Å². The van der Waals surface area contributed by atoms with Crippen LogP contribution < -0.4 is 20.3 Å². The van der Waals surface area contributed by atoms with E-state index in [2.05, 4.69) is 20.5 Å². The smallest absolute Gasteiger partial charge is 0.263 e. The predicted octanol–water partition coefficient (Wildman–Crippen LogP) is 4.27. The Balaban J connectivity index is 1.54. The maximum atomic E-state index is 13.2. The van der Waals surface area contributed by atoms with Crippen LogP contribution in [0.25, 0.3) is 22.7 Å². The zero-order valence-corrected chi connectivity index (χ0v) is 22.4. The van der Waals surface area contributed by atoms with Gasteiger partial charge in [-0.1, -0.05) is 12.1 Å². The highest BCUT2D eigenvalue weighted by atomic mass is 16.5. The fraction of sp³-hybridized carbons (Fsp3) is 0.250. The largest absolute Gasteiger partial charge is 0.490 e. The van der Waals surface area contributed by atoms with Crippen molar-refractivity contribution < 1.29 is 14.3 Å². The normalized spacial score (nSPS) is 11.1. The number of ether oxygens (including phenoxy) is 2. The van der Waals surface area contributed by atoms with Crippen LogP contribution in [0.2, 0.25) is 0 Å². The molecule has 3 heterocycles. The summed E-state index contributed by atoms with van der Waals surface area (Å²) in [5.74, 6) is 1.14. The first kappa shape index (κ1) is 25.7. The number of aromatic amines is 1. The van der Waals surface area contributed by atoms with Gasteiger partial charge in [-0.25, -0.2) is 4.68 Å². The number of aromatic nitrogens is 6. The minimum absolute atomic E-state index is 0.143. The summed E-state index contributed by atoms with van der Waals surface area (Å²) in [7, 11) is 0. The van der Waals surface area contributed by atoms with Crippen LogP contribution in [0.5, 0.6) is 11.5 Å². The number of rotatable bonds is 8. The maximum absolute atomic E-state index is 13.2. The van der Waals surface area contributed by atoms with E-state index in [-0.39, 0.29) is 17.4 Å². The first-order valence-corrected chi connectivity index (χ1v) is 12.6. The van der Waals surface area contributed by atoms with Crippen LogP contribution in [0.1, 0.15) is 41.0 Å². The fourth-order valence-corrected chi connectivity index (χ4v) is 4.28. The molecule has 11 nitrogen and oxygen atoms in total. The first-order valence-electron chi connectivity index (χ1n) is 12.6. The van der Waals surface area contributed by atoms with Crippen LogP contribution in [0.4, 0.5) is 5.82 Å². The van der Waals surface area contributed by atoms with E-state index in [1.165, 1.54) is 10.9 Å². The second-order valence-electron chi connectivity index (χ2n) is 8.97. The maximum Gasteiger partial charge on any atom is 0.263 e. The Morgan fingerprint density at radius 2 is 1.77 bits per heavy atom. The van der Waals surface area contributed by atoms with Crippen molar-refractivity contribution >= 4 is 22.8 Å². The van der Waals surface area contributed by atoms with Crippen LogP contribution in [0.15, 0.2) is 53.5 Å². The molecule has 0 spiro atoms. The van der Waals surface area contributed by atoms with Gasteiger partial charge >= 0.3 is 0 Å². The Morgan fingerprint density at radius 3 is 2.54 bits per heavy atom. The molecule has 0 atom stereocenters. The van der Waals surface area contributed by atoms with Gasteiger partial charge in [0.2, 0.25) is 5.95 Å². The third-order valence-electron chi connectivity index (χ3n) is 6.31. The molecule has 0 saturated heterocycles. The average molecular weight is 528 g/mol. The van der Waals surface area contributed by atoms with Gasteiger partial charge < -0.3 is 14.8 Å². The molecule has 0 fully saturated rings. The molecule has 0 bridgehead atoms. The summed E-state index contributed by atoms with van der Waals surface area (Å²) in [6.07, 6.45) is 1.49. The molecule has 0 saturated carbocycles. The number of aryl methyl sites for hydroxylation is 2. The topological polar surface area (TPSA) is 129 Å². The highest BCUT2D eigenvalue weighted by molar-refractivity contribution is 6.04. The molecule has 0 radical (unpaired) electrons. The number of amides is 1. The minimum atomic E-state index is -0.385. The van der Waals surface area contributed by atoms with Crippen molar-refractivity contribution in [2.24, 2.45) is 0 Å². The van der Waals surface area contributed by atoms with Gasteiger partial charge in [0.05, 0.1) is 30.8 Å². The molecule has 5 aromatic rings. The Bertz CT molecular complexity index is 1750. The molecule has 0 aliphatic heterocycles. The van der Waals surface area contributed by atoms with Crippen molar-refractivity contribution in [2.45, 2.75) is 34.6 Å². The molecule has 0 aliphatic carbocycles. The van der Waals surface area contributed by atoms with Crippen molar-refractivity contribution in [1.29, 1.82) is 0 Å². The molecule has 0 unspecified atom stereocenters. The molecular weight excluding hydrogens is 498 g/mol. The van der Waals surface area contributed by atoms with Crippen LogP contribution in [-0.2, 0) is 0 Å². The van der Waals surface area contributed by atoms with Crippen molar-refractivity contribution in [3.63, 3.8) is 0 Å². The predicted molar refractivity (Wildman–Crippen MR) is 148 cm³/mol. The van der Waals surface area contributed by atoms with E-state index in [1.54, 1.807) is 35.9 Å². The molecule has 2 aromatic carbocycles. The lowest BCUT2D eigenvalue weighted by Crippen LogP contribution is -2.19. The molecular formula is C28H29N7O4. The van der Waals surface area contributed by atoms with Gasteiger partial charge in [-0.3, -0.25) is 14.6 Å². The molecule has 5 rings (SSSR count). The van der Waals surface area contributed by atoms with Gasteiger partial charge in [0.25, 0.3) is 11.5 Å². The third kappa shape index (κ3) is 4.86. The Labute approximate surface area is 224 Å². The summed E-state index contributed by atoms with van der Waals surface area (Å²) in [4.78, 5) is 33.7. The number of carbonyl (C=O) groups is 1. The number of carbonyl (C=O) groups excluding carboxylic acids is 1. The summed E-state index contributed by atoms with van der Waals surface area (Å²) in [6, 6.07) is 12.6. The van der Waals surface area contributed by atoms with E-state index >= 15 is 0 Å². The number of benzene rings is 2. The van der Waals surface area contributed by atoms with Gasteiger partial charge in [-0.15, -0.1) is 0 Å². The second-order valence-corrected chi connectivity index (χ2v) is 8.97. The summed E-state index contributed by atoms with van der Waals surface area (Å²) in [6.45, 7) is 10.4. The molecule has 11 heteroatoms. The van der Waals surface area contributed by atoms with E-state index in [9.17, 15) is 9.59 Å². The highest BCUT2D eigenvalue weighted by Gasteiger charge is 2.19. The second kappa shape index (κ2) is 10.4. The van der Waals surface area contributed by atoms with Crippen molar-refractivity contribution in [3.05, 3.63) is 81.4 Å². The Kier molecular flexibility index (Phi) is 6.88. The number of hydrogen-bond donors (Lipinski definition) is 2. The highest BCUT2D eigenvalue weighted by Crippen LogP contribution is 2.29. The van der Waals surface area contributed by atoms with Gasteiger partial charge in [0.15, 0.2) is 17.1 Å². The van der Waals surface area contributed by atoms with Crippen molar-refractivity contribution in [3.8, 4) is 23.1 Å². The molecule has 3 aromatic heterocycles. The fourth-order valence-electron chi connectivity index (χ4n) is 4.28. The number of H-pyrrole nitrogens is 1. The summed E-state index contributed by atoms with van der Waals surface area (Å²) >= 11 is 0. The van der Waals surface area contributed by atoms with Crippen LogP contribution in [-0.4, -0.2) is 48.6 Å². The molecule has 0 aliphatic rings. The van der Waals surface area contributed by atoms with Gasteiger partial charge in [0.1, 0.15) is 11.2 Å².